The van der Waals surface area contributed by atoms with Gasteiger partial charge in [0.05, 0.1) is 15.9 Å². The second-order valence-electron chi connectivity index (χ2n) is 1.52. The molecule has 3 nitrogen and oxygen atoms in total. The minimum Gasteiger partial charge on any atom is -0.748 e. The molecule has 0 atom stereocenters. The zero-order valence-corrected chi connectivity index (χ0v) is 9.37. The summed E-state index contributed by atoms with van der Waals surface area (Å²) < 4.78 is 29.6. The number of hydrogen-bond acceptors (Lipinski definition) is 3. The van der Waals surface area contributed by atoms with E-state index in [1.165, 1.54) is 6.92 Å². The van der Waals surface area contributed by atoms with E-state index in [9.17, 15) is 13.0 Å². The molecule has 0 aliphatic rings. The molecule has 0 spiro atoms. The monoisotopic (exact) mass is 192 g/mol. The predicted octanol–water partition coefficient (Wildman–Crippen LogP) is -2.32. The van der Waals surface area contributed by atoms with Crippen molar-refractivity contribution in [1.29, 1.82) is 0 Å². The Labute approximate surface area is 87.5 Å². The van der Waals surface area contributed by atoms with E-state index < -0.39 is 15.9 Å². The quantitative estimate of drug-likeness (QED) is 0.365. The molecule has 0 unspecified atom stereocenters. The van der Waals surface area contributed by atoms with Crippen molar-refractivity contribution in [3.8, 4) is 0 Å². The molecule has 0 aliphatic carbocycles. The van der Waals surface area contributed by atoms with Crippen LogP contribution in [0.4, 0.5) is 0 Å². The molecule has 0 saturated carbocycles. The number of allylic oxidation sites excluding steroid dienone is 1. The topological polar surface area (TPSA) is 57.2 Å². The zero-order chi connectivity index (χ0) is 7.49. The summed E-state index contributed by atoms with van der Waals surface area (Å²) in [6.45, 7) is 1.51. The maximum absolute atomic E-state index is 9.88. The van der Waals surface area contributed by atoms with E-state index in [1.54, 1.807) is 0 Å². The van der Waals surface area contributed by atoms with Crippen LogP contribution >= 0.6 is 11.6 Å². The van der Waals surface area contributed by atoms with Gasteiger partial charge in [0, 0.05) is 5.03 Å². The Morgan fingerprint density at radius 1 is 1.70 bits per heavy atom. The fourth-order valence-electron chi connectivity index (χ4n) is 0.217. The summed E-state index contributed by atoms with van der Waals surface area (Å²) in [6, 6.07) is 0. The molecule has 0 heterocycles. The Kier molecular flexibility index (Phi) is 7.54. The van der Waals surface area contributed by atoms with E-state index in [0.29, 0.717) is 5.03 Å². The van der Waals surface area contributed by atoms with E-state index >= 15 is 0 Å². The Morgan fingerprint density at radius 3 is 2.20 bits per heavy atom. The van der Waals surface area contributed by atoms with E-state index in [0.717, 1.165) is 6.08 Å². The molecule has 0 aromatic rings. The molecular formula is C4H6ClNaO3S. The third-order valence-corrected chi connectivity index (χ3v) is 1.30. The third kappa shape index (κ3) is 11.7. The zero-order valence-electron chi connectivity index (χ0n) is 5.80. The average molecular weight is 193 g/mol. The van der Waals surface area contributed by atoms with Crippen LogP contribution in [0.5, 0.6) is 0 Å². The Balaban J connectivity index is 0. The van der Waals surface area contributed by atoms with Crippen LogP contribution in [0, 0.1) is 0 Å². The molecule has 0 N–H and O–H groups in total. The Bertz CT molecular complexity index is 205. The molecule has 0 amide bonds. The van der Waals surface area contributed by atoms with E-state index in [4.69, 9.17) is 11.6 Å². The molecule has 0 saturated heterocycles. The van der Waals surface area contributed by atoms with Crippen LogP contribution < -0.4 is 29.6 Å². The average Bonchev–Trinajstić information content (AvgIpc) is 1.59. The van der Waals surface area contributed by atoms with Crippen LogP contribution in [-0.2, 0) is 10.1 Å². The van der Waals surface area contributed by atoms with Gasteiger partial charge in [-0.3, -0.25) is 0 Å². The van der Waals surface area contributed by atoms with Crippen molar-refractivity contribution >= 4 is 21.7 Å². The first-order chi connectivity index (χ1) is 3.92. The summed E-state index contributed by atoms with van der Waals surface area (Å²) in [5.41, 5.74) is 0. The molecule has 0 aromatic carbocycles. The van der Waals surface area contributed by atoms with Gasteiger partial charge in [0.25, 0.3) is 0 Å². The minimum absolute atomic E-state index is 0. The second kappa shape index (κ2) is 5.57. The number of halogens is 1. The molecule has 6 heteroatoms. The van der Waals surface area contributed by atoms with Gasteiger partial charge >= 0.3 is 29.6 Å². The SMILES string of the molecule is CC(Cl)=CCS(=O)(=O)[O-].[Na+]. The first-order valence-electron chi connectivity index (χ1n) is 2.17. The molecule has 0 rings (SSSR count). The second-order valence-corrected chi connectivity index (χ2v) is 3.56. The third-order valence-electron chi connectivity index (χ3n) is 0.569. The molecule has 0 radical (unpaired) electrons. The van der Waals surface area contributed by atoms with Crippen molar-refractivity contribution in [2.24, 2.45) is 0 Å². The normalized spacial score (nSPS) is 12.5. The number of hydrogen-bond donors (Lipinski definition) is 0. The number of rotatable bonds is 2. The van der Waals surface area contributed by atoms with Gasteiger partial charge in [-0.25, -0.2) is 8.42 Å². The van der Waals surface area contributed by atoms with Crippen molar-refractivity contribution in [2.45, 2.75) is 6.92 Å². The van der Waals surface area contributed by atoms with Crippen LogP contribution in [0.3, 0.4) is 0 Å². The molecule has 54 valence electrons. The van der Waals surface area contributed by atoms with Gasteiger partial charge in [0.2, 0.25) is 0 Å². The Morgan fingerprint density at radius 2 is 2.10 bits per heavy atom. The van der Waals surface area contributed by atoms with Crippen LogP contribution in [-0.4, -0.2) is 18.7 Å². The summed E-state index contributed by atoms with van der Waals surface area (Å²) in [6.07, 6.45) is 1.16. The molecule has 0 aromatic heterocycles. The Hall–Kier alpha value is 0.940. The molecule has 10 heavy (non-hydrogen) atoms. The smallest absolute Gasteiger partial charge is 0.748 e. The van der Waals surface area contributed by atoms with Crippen LogP contribution in [0.2, 0.25) is 0 Å². The van der Waals surface area contributed by atoms with Crippen LogP contribution in [0.25, 0.3) is 0 Å². The summed E-state index contributed by atoms with van der Waals surface area (Å²) in [7, 11) is -4.13. The van der Waals surface area contributed by atoms with Crippen molar-refractivity contribution in [2.75, 3.05) is 5.75 Å². The molecule has 0 bridgehead atoms. The van der Waals surface area contributed by atoms with Gasteiger partial charge in [0.1, 0.15) is 0 Å². The van der Waals surface area contributed by atoms with E-state index in [1.807, 2.05) is 0 Å². The molecule has 0 aliphatic heterocycles. The van der Waals surface area contributed by atoms with E-state index in [-0.39, 0.29) is 29.6 Å². The van der Waals surface area contributed by atoms with Crippen molar-refractivity contribution in [3.63, 3.8) is 0 Å². The first kappa shape index (κ1) is 13.5. The maximum Gasteiger partial charge on any atom is 1.00 e. The first-order valence-corrected chi connectivity index (χ1v) is 4.13. The van der Waals surface area contributed by atoms with E-state index in [2.05, 4.69) is 0 Å². The fourth-order valence-corrected chi connectivity index (χ4v) is 0.840. The van der Waals surface area contributed by atoms with Gasteiger partial charge in [0.15, 0.2) is 0 Å². The summed E-state index contributed by atoms with van der Waals surface area (Å²) >= 11 is 5.24. The molecule has 0 fully saturated rings. The van der Waals surface area contributed by atoms with Gasteiger partial charge in [-0.1, -0.05) is 17.7 Å². The summed E-state index contributed by atoms with van der Waals surface area (Å²) in [5.74, 6) is -0.525. The van der Waals surface area contributed by atoms with Crippen LogP contribution in [0.1, 0.15) is 6.92 Å². The predicted molar refractivity (Wildman–Crippen MR) is 34.2 cm³/mol. The van der Waals surface area contributed by atoms with Crippen molar-refractivity contribution < 1.29 is 42.5 Å². The van der Waals surface area contributed by atoms with Gasteiger partial charge < -0.3 is 4.55 Å². The van der Waals surface area contributed by atoms with Gasteiger partial charge in [-0.2, -0.15) is 0 Å². The van der Waals surface area contributed by atoms with Crippen molar-refractivity contribution in [3.05, 3.63) is 11.1 Å². The van der Waals surface area contributed by atoms with Crippen molar-refractivity contribution in [1.82, 2.24) is 0 Å². The van der Waals surface area contributed by atoms with Gasteiger partial charge in [-0.05, 0) is 6.92 Å². The molecular weight excluding hydrogens is 187 g/mol. The summed E-state index contributed by atoms with van der Waals surface area (Å²) in [5, 5.41) is 0.314. The fraction of sp³-hybridized carbons (Fsp3) is 0.500. The van der Waals surface area contributed by atoms with Crippen LogP contribution in [0.15, 0.2) is 11.1 Å². The van der Waals surface area contributed by atoms with Gasteiger partial charge in [-0.15, -0.1) is 0 Å². The minimum atomic E-state index is -4.13. The standard InChI is InChI=1S/C4H7ClO3S.Na/c1-4(5)2-3-9(6,7)8;/h2H,3H2,1H3,(H,6,7,8);/q;+1/p-1. The maximum atomic E-state index is 9.88. The summed E-state index contributed by atoms with van der Waals surface area (Å²) in [4.78, 5) is 0. The largest absolute Gasteiger partial charge is 1.00 e.